The Morgan fingerprint density at radius 3 is 2.33 bits per heavy atom. The number of halogens is 3. The van der Waals surface area contributed by atoms with Crippen LogP contribution in [-0.4, -0.2) is 29.1 Å². The van der Waals surface area contributed by atoms with Crippen LogP contribution in [-0.2, 0) is 0 Å². The van der Waals surface area contributed by atoms with E-state index >= 15 is 0 Å². The first-order chi connectivity index (χ1) is 15.7. The van der Waals surface area contributed by atoms with Crippen LogP contribution in [0.4, 0.5) is 4.39 Å². The van der Waals surface area contributed by atoms with Gasteiger partial charge in [0.15, 0.2) is 0 Å². The molecule has 0 radical (unpaired) electrons. The summed E-state index contributed by atoms with van der Waals surface area (Å²) in [4.78, 5) is 13.9. The van der Waals surface area contributed by atoms with Crippen molar-refractivity contribution in [3.63, 3.8) is 0 Å². The van der Waals surface area contributed by atoms with Crippen LogP contribution in [0.5, 0.6) is 0 Å². The first-order valence-electron chi connectivity index (χ1n) is 11.0. The fraction of sp³-hybridized carbons (Fsp3) is 0.296. The third-order valence-electron chi connectivity index (χ3n) is 6.43. The molecule has 1 aliphatic rings. The Bertz CT molecular complexity index is 1120. The normalized spacial score (nSPS) is 16.4. The maximum atomic E-state index is 14.1. The molecule has 0 spiro atoms. The molecule has 0 aromatic heterocycles. The number of benzene rings is 3. The van der Waals surface area contributed by atoms with Gasteiger partial charge in [-0.25, -0.2) is 9.18 Å². The second kappa shape index (κ2) is 9.96. The highest BCUT2D eigenvalue weighted by atomic mass is 79.9. The Balaban J connectivity index is 1.64. The van der Waals surface area contributed by atoms with E-state index in [1.54, 1.807) is 24.3 Å². The highest BCUT2D eigenvalue weighted by molar-refractivity contribution is 9.10. The molecule has 3 aromatic carbocycles. The first kappa shape index (κ1) is 23.9. The molecule has 0 aliphatic carbocycles. The zero-order valence-electron chi connectivity index (χ0n) is 18.5. The van der Waals surface area contributed by atoms with Crippen molar-refractivity contribution in [2.45, 2.75) is 25.8 Å². The van der Waals surface area contributed by atoms with Crippen LogP contribution >= 0.6 is 27.5 Å². The summed E-state index contributed by atoms with van der Waals surface area (Å²) >= 11 is 9.55. The molecule has 1 fully saturated rings. The number of carboxylic acid groups (broad SMARTS) is 1. The number of likely N-dealkylation sites (tertiary alicyclic amines) is 1. The molecule has 6 heteroatoms. The SMILES string of the molecule is CC(C)[C@H](c1cc(F)cc(Br)c1)C1CN([C@@H](c2ccc(Cl)cc2)c2cccc(C(=O)O)c2)C1. The molecule has 33 heavy (non-hydrogen) atoms. The maximum Gasteiger partial charge on any atom is 0.335 e. The molecule has 0 unspecified atom stereocenters. The molecule has 1 saturated heterocycles. The minimum atomic E-state index is -0.940. The summed E-state index contributed by atoms with van der Waals surface area (Å²) in [5.41, 5.74) is 3.28. The highest BCUT2D eigenvalue weighted by Crippen LogP contribution is 2.43. The van der Waals surface area contributed by atoms with Crippen molar-refractivity contribution in [1.29, 1.82) is 0 Å². The number of aromatic carboxylic acids is 1. The van der Waals surface area contributed by atoms with E-state index in [4.69, 9.17) is 11.6 Å². The number of carbonyl (C=O) groups is 1. The zero-order valence-corrected chi connectivity index (χ0v) is 20.9. The van der Waals surface area contributed by atoms with Gasteiger partial charge < -0.3 is 5.11 Å². The van der Waals surface area contributed by atoms with Crippen LogP contribution in [0.2, 0.25) is 5.02 Å². The molecule has 0 bridgehead atoms. The predicted molar refractivity (Wildman–Crippen MR) is 133 cm³/mol. The molecule has 1 N–H and O–H groups in total. The molecule has 4 rings (SSSR count). The van der Waals surface area contributed by atoms with Gasteiger partial charge in [-0.05, 0) is 76.9 Å². The summed E-state index contributed by atoms with van der Waals surface area (Å²) in [6, 6.07) is 19.9. The van der Waals surface area contributed by atoms with E-state index in [-0.39, 0.29) is 23.3 Å². The van der Waals surface area contributed by atoms with E-state index in [1.807, 2.05) is 36.4 Å². The zero-order chi connectivity index (χ0) is 23.7. The summed E-state index contributed by atoms with van der Waals surface area (Å²) in [6.45, 7) is 6.03. The molecule has 3 nitrogen and oxygen atoms in total. The Kier molecular flexibility index (Phi) is 7.22. The number of hydrogen-bond acceptors (Lipinski definition) is 2. The van der Waals surface area contributed by atoms with Crippen molar-refractivity contribution in [3.05, 3.63) is 104 Å². The summed E-state index contributed by atoms with van der Waals surface area (Å²) < 4.78 is 14.9. The fourth-order valence-electron chi connectivity index (χ4n) is 5.06. The lowest BCUT2D eigenvalue weighted by Gasteiger charge is -2.49. The van der Waals surface area contributed by atoms with Gasteiger partial charge in [0.1, 0.15) is 5.82 Å². The third-order valence-corrected chi connectivity index (χ3v) is 7.14. The average Bonchev–Trinajstić information content (AvgIpc) is 2.72. The van der Waals surface area contributed by atoms with Crippen molar-refractivity contribution in [3.8, 4) is 0 Å². The molecule has 2 atom stereocenters. The van der Waals surface area contributed by atoms with Crippen LogP contribution in [0.15, 0.2) is 71.2 Å². The second-order valence-corrected chi connectivity index (χ2v) is 10.4. The minimum absolute atomic E-state index is 0.0788. The van der Waals surface area contributed by atoms with Crippen molar-refractivity contribution in [2.75, 3.05) is 13.1 Å². The lowest BCUT2D eigenvalue weighted by atomic mass is 9.73. The van der Waals surface area contributed by atoms with Crippen LogP contribution in [0.3, 0.4) is 0 Å². The molecular weight excluding hydrogens is 505 g/mol. The maximum absolute atomic E-state index is 14.1. The monoisotopic (exact) mass is 529 g/mol. The van der Waals surface area contributed by atoms with Crippen molar-refractivity contribution >= 4 is 33.5 Å². The van der Waals surface area contributed by atoms with Gasteiger partial charge in [0.25, 0.3) is 0 Å². The fourth-order valence-corrected chi connectivity index (χ4v) is 5.67. The summed E-state index contributed by atoms with van der Waals surface area (Å²) in [5.74, 6) is -0.216. The van der Waals surface area contributed by atoms with Gasteiger partial charge >= 0.3 is 5.97 Å². The van der Waals surface area contributed by atoms with Crippen molar-refractivity contribution in [1.82, 2.24) is 4.90 Å². The van der Waals surface area contributed by atoms with E-state index in [1.165, 1.54) is 6.07 Å². The number of hydrogen-bond donors (Lipinski definition) is 1. The van der Waals surface area contributed by atoms with Gasteiger partial charge in [0.05, 0.1) is 11.6 Å². The number of rotatable bonds is 7. The Labute approximate surface area is 207 Å². The summed E-state index contributed by atoms with van der Waals surface area (Å²) in [5, 5.41) is 10.2. The Morgan fingerprint density at radius 1 is 1.03 bits per heavy atom. The standard InChI is InChI=1S/C27H26BrClFNO2/c1-16(2)25(20-11-22(28)13-24(30)12-20)21-14-31(15-21)26(17-6-8-23(29)9-7-17)18-4-3-5-19(10-18)27(32)33/h3-13,16,21,25-26H,14-15H2,1-2H3,(H,32,33)/t25-,26+/m1/s1. The lowest BCUT2D eigenvalue weighted by Crippen LogP contribution is -2.51. The smallest absolute Gasteiger partial charge is 0.335 e. The molecule has 3 aromatic rings. The third kappa shape index (κ3) is 5.32. The largest absolute Gasteiger partial charge is 0.478 e. The van der Waals surface area contributed by atoms with Gasteiger partial charge in [-0.2, -0.15) is 0 Å². The van der Waals surface area contributed by atoms with E-state index in [0.29, 0.717) is 16.9 Å². The average molecular weight is 531 g/mol. The van der Waals surface area contributed by atoms with Gasteiger partial charge in [-0.15, -0.1) is 0 Å². The van der Waals surface area contributed by atoms with Gasteiger partial charge in [0, 0.05) is 22.6 Å². The van der Waals surface area contributed by atoms with Crippen LogP contribution in [0, 0.1) is 17.7 Å². The first-order valence-corrected chi connectivity index (χ1v) is 12.2. The quantitative estimate of drug-likeness (QED) is 0.346. The van der Waals surface area contributed by atoms with E-state index in [0.717, 1.165) is 34.3 Å². The van der Waals surface area contributed by atoms with E-state index < -0.39 is 5.97 Å². The second-order valence-electron chi connectivity index (χ2n) is 9.07. The molecule has 1 heterocycles. The van der Waals surface area contributed by atoms with Crippen molar-refractivity contribution in [2.24, 2.45) is 11.8 Å². The van der Waals surface area contributed by atoms with E-state index in [9.17, 15) is 14.3 Å². The van der Waals surface area contributed by atoms with Crippen LogP contribution in [0.25, 0.3) is 0 Å². The van der Waals surface area contributed by atoms with Crippen LogP contribution in [0.1, 0.15) is 52.9 Å². The molecule has 0 amide bonds. The number of carboxylic acids is 1. The van der Waals surface area contributed by atoms with Gasteiger partial charge in [-0.1, -0.05) is 65.6 Å². The Morgan fingerprint density at radius 2 is 1.73 bits per heavy atom. The molecule has 0 saturated carbocycles. The Hall–Kier alpha value is -2.21. The van der Waals surface area contributed by atoms with Crippen molar-refractivity contribution < 1.29 is 14.3 Å². The lowest BCUT2D eigenvalue weighted by molar-refractivity contribution is 0.0410. The molecule has 1 aliphatic heterocycles. The molecular formula is C27H26BrClFNO2. The topological polar surface area (TPSA) is 40.5 Å². The minimum Gasteiger partial charge on any atom is -0.478 e. The summed E-state index contributed by atoms with van der Waals surface area (Å²) in [6.07, 6.45) is 0. The number of nitrogens with zero attached hydrogens (tertiary/aromatic N) is 1. The summed E-state index contributed by atoms with van der Waals surface area (Å²) in [7, 11) is 0. The van der Waals surface area contributed by atoms with E-state index in [2.05, 4.69) is 34.7 Å². The predicted octanol–water partition coefficient (Wildman–Crippen LogP) is 7.40. The van der Waals surface area contributed by atoms with Crippen LogP contribution < -0.4 is 0 Å². The van der Waals surface area contributed by atoms with Gasteiger partial charge in [0.2, 0.25) is 0 Å². The molecule has 172 valence electrons. The van der Waals surface area contributed by atoms with Gasteiger partial charge in [-0.3, -0.25) is 4.90 Å². The highest BCUT2D eigenvalue weighted by Gasteiger charge is 2.40.